The Labute approximate surface area is 125 Å². The Morgan fingerprint density at radius 2 is 2.05 bits per heavy atom. The molecule has 0 spiro atoms. The van der Waals surface area contributed by atoms with Crippen LogP contribution in [0.5, 0.6) is 0 Å². The van der Waals surface area contributed by atoms with E-state index < -0.39 is 0 Å². The zero-order valence-electron chi connectivity index (χ0n) is 10.3. The van der Waals surface area contributed by atoms with Gasteiger partial charge in [0.15, 0.2) is 0 Å². The van der Waals surface area contributed by atoms with Gasteiger partial charge in [-0.25, -0.2) is 4.98 Å². The summed E-state index contributed by atoms with van der Waals surface area (Å²) in [5.74, 6) is 1.44. The number of halogens is 2. The molecule has 3 nitrogen and oxygen atoms in total. The first-order valence-corrected chi connectivity index (χ1v) is 7.39. The maximum absolute atomic E-state index is 5.88. The van der Waals surface area contributed by atoms with Crippen molar-refractivity contribution >= 4 is 33.3 Å². The molecule has 3 rings (SSSR count). The first kappa shape index (κ1) is 12.9. The molecular formula is C14H13BrClN3. The molecule has 1 saturated heterocycles. The van der Waals surface area contributed by atoms with Crippen LogP contribution in [-0.4, -0.2) is 23.1 Å². The Bertz CT molecular complexity index is 576. The first-order chi connectivity index (χ1) is 9.24. The molecule has 1 aliphatic rings. The first-order valence-electron chi connectivity index (χ1n) is 6.22. The second kappa shape index (κ2) is 5.47. The second-order valence-electron chi connectivity index (χ2n) is 4.65. The van der Waals surface area contributed by atoms with Gasteiger partial charge in [-0.15, -0.1) is 0 Å². The van der Waals surface area contributed by atoms with Gasteiger partial charge in [0.05, 0.1) is 4.47 Å². The summed E-state index contributed by atoms with van der Waals surface area (Å²) < 4.78 is 0.894. The predicted octanol–water partition coefficient (Wildman–Crippen LogP) is 3.89. The highest BCUT2D eigenvalue weighted by atomic mass is 79.9. The minimum absolute atomic E-state index is 0.293. The standard InChI is InChI=1S/C14H13BrClN3/c15-12-8-17-14(16)18-13(12)19-7-6-11(9-19)10-4-2-1-3-5-10/h1-5,8,11H,6-7,9H2. The fourth-order valence-electron chi connectivity index (χ4n) is 2.51. The van der Waals surface area contributed by atoms with Crippen molar-refractivity contribution in [3.8, 4) is 0 Å². The molecule has 2 aromatic rings. The van der Waals surface area contributed by atoms with Crippen LogP contribution in [-0.2, 0) is 0 Å². The van der Waals surface area contributed by atoms with Gasteiger partial charge in [-0.3, -0.25) is 0 Å². The zero-order chi connectivity index (χ0) is 13.2. The van der Waals surface area contributed by atoms with Crippen molar-refractivity contribution in [1.29, 1.82) is 0 Å². The highest BCUT2D eigenvalue weighted by molar-refractivity contribution is 9.10. The topological polar surface area (TPSA) is 29.0 Å². The van der Waals surface area contributed by atoms with Gasteiger partial charge in [-0.2, -0.15) is 4.98 Å². The molecule has 0 aliphatic carbocycles. The van der Waals surface area contributed by atoms with Crippen molar-refractivity contribution in [2.45, 2.75) is 12.3 Å². The summed E-state index contributed by atoms with van der Waals surface area (Å²) >= 11 is 9.37. The molecule has 0 saturated carbocycles. The Hall–Kier alpha value is -1.13. The molecule has 0 N–H and O–H groups in total. The Balaban J connectivity index is 1.81. The zero-order valence-corrected chi connectivity index (χ0v) is 12.6. The largest absolute Gasteiger partial charge is 0.355 e. The molecule has 1 fully saturated rings. The summed E-state index contributed by atoms with van der Waals surface area (Å²) in [7, 11) is 0. The van der Waals surface area contributed by atoms with Gasteiger partial charge < -0.3 is 4.90 Å². The van der Waals surface area contributed by atoms with Crippen molar-refractivity contribution < 1.29 is 0 Å². The molecule has 1 atom stereocenters. The van der Waals surface area contributed by atoms with E-state index in [1.54, 1.807) is 6.20 Å². The fraction of sp³-hybridized carbons (Fsp3) is 0.286. The van der Waals surface area contributed by atoms with Crippen molar-refractivity contribution in [3.63, 3.8) is 0 Å². The van der Waals surface area contributed by atoms with Crippen LogP contribution in [0.4, 0.5) is 5.82 Å². The molecular weight excluding hydrogens is 326 g/mol. The summed E-state index contributed by atoms with van der Waals surface area (Å²) in [4.78, 5) is 10.5. The van der Waals surface area contributed by atoms with Gasteiger partial charge >= 0.3 is 0 Å². The number of hydrogen-bond donors (Lipinski definition) is 0. The van der Waals surface area contributed by atoms with E-state index in [4.69, 9.17) is 11.6 Å². The molecule has 98 valence electrons. The van der Waals surface area contributed by atoms with E-state index >= 15 is 0 Å². The fourth-order valence-corrected chi connectivity index (χ4v) is 3.08. The van der Waals surface area contributed by atoms with Crippen LogP contribution in [0.3, 0.4) is 0 Å². The number of rotatable bonds is 2. The van der Waals surface area contributed by atoms with E-state index in [0.29, 0.717) is 11.2 Å². The van der Waals surface area contributed by atoms with Crippen LogP contribution in [0.2, 0.25) is 5.28 Å². The molecule has 2 heterocycles. The maximum atomic E-state index is 5.88. The van der Waals surface area contributed by atoms with Crippen LogP contribution >= 0.6 is 27.5 Å². The van der Waals surface area contributed by atoms with Gasteiger partial charge in [-0.1, -0.05) is 30.3 Å². The lowest BCUT2D eigenvalue weighted by molar-refractivity contribution is 0.774. The Kier molecular flexibility index (Phi) is 3.71. The van der Waals surface area contributed by atoms with Gasteiger partial charge in [-0.05, 0) is 39.5 Å². The van der Waals surface area contributed by atoms with E-state index in [0.717, 1.165) is 29.8 Å². The third-order valence-corrected chi connectivity index (χ3v) is 4.20. The van der Waals surface area contributed by atoms with Crippen LogP contribution in [0.1, 0.15) is 17.9 Å². The van der Waals surface area contributed by atoms with E-state index in [1.165, 1.54) is 5.56 Å². The summed E-state index contributed by atoms with van der Waals surface area (Å²) in [5.41, 5.74) is 1.39. The van der Waals surface area contributed by atoms with E-state index in [1.807, 2.05) is 0 Å². The van der Waals surface area contributed by atoms with Crippen molar-refractivity contribution in [1.82, 2.24) is 9.97 Å². The van der Waals surface area contributed by atoms with Crippen LogP contribution < -0.4 is 4.90 Å². The minimum atomic E-state index is 0.293. The van der Waals surface area contributed by atoms with Gasteiger partial charge in [0.2, 0.25) is 5.28 Å². The summed E-state index contributed by atoms with van der Waals surface area (Å²) in [6, 6.07) is 10.6. The number of anilines is 1. The summed E-state index contributed by atoms with van der Waals surface area (Å²) in [6.07, 6.45) is 2.85. The number of hydrogen-bond acceptors (Lipinski definition) is 3. The Morgan fingerprint density at radius 1 is 1.26 bits per heavy atom. The lowest BCUT2D eigenvalue weighted by Gasteiger charge is -2.18. The van der Waals surface area contributed by atoms with E-state index in [-0.39, 0.29) is 0 Å². The highest BCUT2D eigenvalue weighted by Crippen LogP contribution is 2.33. The highest BCUT2D eigenvalue weighted by Gasteiger charge is 2.26. The third kappa shape index (κ3) is 2.74. The maximum Gasteiger partial charge on any atom is 0.224 e. The molecule has 1 unspecified atom stereocenters. The number of benzene rings is 1. The van der Waals surface area contributed by atoms with Crippen molar-refractivity contribution in [3.05, 3.63) is 51.8 Å². The molecule has 0 radical (unpaired) electrons. The lowest BCUT2D eigenvalue weighted by atomic mass is 9.99. The number of aromatic nitrogens is 2. The minimum Gasteiger partial charge on any atom is -0.355 e. The molecule has 5 heteroatoms. The molecule has 0 bridgehead atoms. The average Bonchev–Trinajstić information content (AvgIpc) is 2.92. The SMILES string of the molecule is Clc1ncc(Br)c(N2CCC(c3ccccc3)C2)n1. The van der Waals surface area contributed by atoms with Gasteiger partial charge in [0, 0.05) is 25.2 Å². The summed E-state index contributed by atoms with van der Waals surface area (Å²) in [6.45, 7) is 1.96. The summed E-state index contributed by atoms with van der Waals surface area (Å²) in [5, 5.41) is 0.293. The van der Waals surface area contributed by atoms with E-state index in [2.05, 4.69) is 61.1 Å². The molecule has 1 aromatic carbocycles. The normalized spacial score (nSPS) is 18.8. The average molecular weight is 339 g/mol. The second-order valence-corrected chi connectivity index (χ2v) is 5.85. The predicted molar refractivity (Wildman–Crippen MR) is 80.8 cm³/mol. The third-order valence-electron chi connectivity index (χ3n) is 3.45. The van der Waals surface area contributed by atoms with Crippen LogP contribution in [0.15, 0.2) is 41.0 Å². The smallest absolute Gasteiger partial charge is 0.224 e. The molecule has 1 aromatic heterocycles. The van der Waals surface area contributed by atoms with Gasteiger partial charge in [0.1, 0.15) is 5.82 Å². The molecule has 0 amide bonds. The lowest BCUT2D eigenvalue weighted by Crippen LogP contribution is -2.21. The van der Waals surface area contributed by atoms with Gasteiger partial charge in [0.25, 0.3) is 0 Å². The quantitative estimate of drug-likeness (QED) is 0.778. The van der Waals surface area contributed by atoms with Crippen LogP contribution in [0.25, 0.3) is 0 Å². The monoisotopic (exact) mass is 337 g/mol. The van der Waals surface area contributed by atoms with Crippen molar-refractivity contribution in [2.24, 2.45) is 0 Å². The Morgan fingerprint density at radius 3 is 2.84 bits per heavy atom. The van der Waals surface area contributed by atoms with E-state index in [9.17, 15) is 0 Å². The van der Waals surface area contributed by atoms with Crippen molar-refractivity contribution in [2.75, 3.05) is 18.0 Å². The van der Waals surface area contributed by atoms with Crippen LogP contribution in [0, 0.1) is 0 Å². The number of nitrogens with zero attached hydrogens (tertiary/aromatic N) is 3. The molecule has 1 aliphatic heterocycles. The molecule has 19 heavy (non-hydrogen) atoms.